The molecule has 1 aliphatic rings. The first-order valence-electron chi connectivity index (χ1n) is 13.8. The van der Waals surface area contributed by atoms with Crippen LogP contribution in [0.5, 0.6) is 11.5 Å². The topological polar surface area (TPSA) is 103 Å². The van der Waals surface area contributed by atoms with Crippen LogP contribution in [0.1, 0.15) is 31.0 Å². The monoisotopic (exact) mass is 558 g/mol. The van der Waals surface area contributed by atoms with Crippen molar-refractivity contribution in [3.05, 3.63) is 126 Å². The maximum absolute atomic E-state index is 13.8. The summed E-state index contributed by atoms with van der Waals surface area (Å²) < 4.78 is 13.9. The summed E-state index contributed by atoms with van der Waals surface area (Å²) in [5.41, 5.74) is 4.48. The summed E-state index contributed by atoms with van der Waals surface area (Å²) in [7, 11) is 0. The summed E-state index contributed by atoms with van der Waals surface area (Å²) in [5, 5.41) is 11.1. The number of fused-ring (bicyclic) bond motifs is 1. The van der Waals surface area contributed by atoms with E-state index in [1.807, 2.05) is 92.7 Å². The molecule has 9 nitrogen and oxygen atoms in total. The predicted molar refractivity (Wildman–Crippen MR) is 161 cm³/mol. The third-order valence-electron chi connectivity index (χ3n) is 6.87. The molecule has 1 aliphatic heterocycles. The summed E-state index contributed by atoms with van der Waals surface area (Å²) in [6.07, 6.45) is 3.27. The number of ether oxygens (including phenoxy) is 2. The molecule has 0 radical (unpaired) electrons. The second kappa shape index (κ2) is 12.0. The number of anilines is 2. The quantitative estimate of drug-likeness (QED) is 0.221. The van der Waals surface area contributed by atoms with Crippen molar-refractivity contribution in [3.63, 3.8) is 0 Å². The second-order valence-corrected chi connectivity index (χ2v) is 9.75. The van der Waals surface area contributed by atoms with Crippen molar-refractivity contribution in [3.8, 4) is 22.9 Å². The van der Waals surface area contributed by atoms with Crippen LogP contribution in [0.2, 0.25) is 0 Å². The van der Waals surface area contributed by atoms with Gasteiger partial charge in [-0.15, -0.1) is 5.10 Å². The molecule has 1 amide bonds. The number of allylic oxidation sites excluding steroid dienone is 1. The number of benzene rings is 3. The van der Waals surface area contributed by atoms with E-state index < -0.39 is 6.04 Å². The Balaban J connectivity index is 1.41. The molecule has 1 unspecified atom stereocenters. The van der Waals surface area contributed by atoms with E-state index in [9.17, 15) is 4.79 Å². The number of pyridine rings is 1. The molecule has 1 atom stereocenters. The van der Waals surface area contributed by atoms with Crippen LogP contribution in [0.4, 0.5) is 11.6 Å². The van der Waals surface area contributed by atoms with E-state index in [0.29, 0.717) is 53.4 Å². The van der Waals surface area contributed by atoms with Crippen molar-refractivity contribution in [2.75, 3.05) is 17.2 Å². The van der Waals surface area contributed by atoms with Gasteiger partial charge in [0.25, 0.3) is 5.91 Å². The molecule has 0 spiro atoms. The molecule has 0 fully saturated rings. The molecule has 0 bridgehead atoms. The molecule has 210 valence electrons. The summed E-state index contributed by atoms with van der Waals surface area (Å²) in [5.74, 6) is 2.01. The van der Waals surface area contributed by atoms with Gasteiger partial charge in [-0.1, -0.05) is 66.7 Å². The van der Waals surface area contributed by atoms with Gasteiger partial charge in [0.05, 0.1) is 24.1 Å². The maximum atomic E-state index is 13.8. The maximum Gasteiger partial charge on any atom is 0.255 e. The molecule has 6 rings (SSSR count). The van der Waals surface area contributed by atoms with Gasteiger partial charge < -0.3 is 20.1 Å². The van der Waals surface area contributed by atoms with Gasteiger partial charge in [-0.05, 0) is 49.2 Å². The van der Waals surface area contributed by atoms with E-state index in [1.54, 1.807) is 29.2 Å². The molecule has 9 heteroatoms. The molecule has 3 aromatic carbocycles. The largest absolute Gasteiger partial charge is 0.490 e. The molecule has 0 saturated carbocycles. The minimum Gasteiger partial charge on any atom is -0.490 e. The number of carbonyl (C=O) groups is 1. The van der Waals surface area contributed by atoms with Crippen LogP contribution in [0, 0.1) is 0 Å². The van der Waals surface area contributed by atoms with Crippen molar-refractivity contribution < 1.29 is 14.3 Å². The Hall–Kier alpha value is -5.44. The number of carbonyl (C=O) groups excluding carboxylic acids is 1. The summed E-state index contributed by atoms with van der Waals surface area (Å²) >= 11 is 0. The molecule has 0 aliphatic carbocycles. The van der Waals surface area contributed by atoms with Gasteiger partial charge in [-0.2, -0.15) is 4.98 Å². The van der Waals surface area contributed by atoms with Crippen molar-refractivity contribution in [2.24, 2.45) is 0 Å². The van der Waals surface area contributed by atoms with E-state index in [0.717, 1.165) is 16.7 Å². The molecule has 2 N–H and O–H groups in total. The lowest BCUT2D eigenvalue weighted by Gasteiger charge is -2.29. The zero-order valence-corrected chi connectivity index (χ0v) is 23.3. The Morgan fingerprint density at radius 1 is 0.952 bits per heavy atom. The van der Waals surface area contributed by atoms with Gasteiger partial charge in [-0.25, -0.2) is 4.68 Å². The number of nitrogens with one attached hydrogen (secondary N) is 2. The van der Waals surface area contributed by atoms with Gasteiger partial charge in [0.15, 0.2) is 17.3 Å². The van der Waals surface area contributed by atoms with Crippen molar-refractivity contribution >= 4 is 17.5 Å². The first kappa shape index (κ1) is 26.8. The number of hydrogen-bond acceptors (Lipinski definition) is 7. The van der Waals surface area contributed by atoms with Crippen molar-refractivity contribution in [1.82, 2.24) is 19.7 Å². The lowest BCUT2D eigenvalue weighted by molar-refractivity contribution is -0.113. The van der Waals surface area contributed by atoms with Crippen LogP contribution < -0.4 is 20.1 Å². The fourth-order valence-electron chi connectivity index (χ4n) is 4.92. The second-order valence-electron chi connectivity index (χ2n) is 9.75. The van der Waals surface area contributed by atoms with Crippen LogP contribution >= 0.6 is 0 Å². The normalized spacial score (nSPS) is 14.1. The zero-order valence-electron chi connectivity index (χ0n) is 23.3. The Labute approximate surface area is 243 Å². The van der Waals surface area contributed by atoms with Crippen molar-refractivity contribution in [2.45, 2.75) is 26.5 Å². The SMILES string of the molecule is CCOc1cc(C2C(C(=O)Nc3cccnc3)=C(C)Nc3nc(-c4ccccc4)nn32)ccc1OCc1ccccc1. The minimum absolute atomic E-state index is 0.275. The van der Waals surface area contributed by atoms with Crippen LogP contribution in [0.25, 0.3) is 11.4 Å². The predicted octanol–water partition coefficient (Wildman–Crippen LogP) is 6.25. The Kier molecular flexibility index (Phi) is 7.63. The Bertz CT molecular complexity index is 1720. The molecule has 2 aromatic heterocycles. The summed E-state index contributed by atoms with van der Waals surface area (Å²) in [6.45, 7) is 4.65. The lowest BCUT2D eigenvalue weighted by Crippen LogP contribution is -2.31. The third kappa shape index (κ3) is 5.57. The van der Waals surface area contributed by atoms with Gasteiger partial charge in [0.1, 0.15) is 12.6 Å². The van der Waals surface area contributed by atoms with E-state index in [4.69, 9.17) is 19.6 Å². The molecule has 42 heavy (non-hydrogen) atoms. The van der Waals surface area contributed by atoms with Gasteiger partial charge in [0, 0.05) is 17.5 Å². The molecule has 5 aromatic rings. The van der Waals surface area contributed by atoms with Crippen LogP contribution in [0.3, 0.4) is 0 Å². The average Bonchev–Trinajstić information content (AvgIpc) is 3.45. The number of amides is 1. The number of hydrogen-bond donors (Lipinski definition) is 2. The molecule has 3 heterocycles. The average molecular weight is 559 g/mol. The van der Waals surface area contributed by atoms with E-state index in [2.05, 4.69) is 15.6 Å². The highest BCUT2D eigenvalue weighted by atomic mass is 16.5. The van der Waals surface area contributed by atoms with Gasteiger partial charge in [-0.3, -0.25) is 9.78 Å². The molecular formula is C33H30N6O3. The van der Waals surface area contributed by atoms with Crippen LogP contribution in [0.15, 0.2) is 115 Å². The first-order chi connectivity index (χ1) is 20.6. The fraction of sp³-hybridized carbons (Fsp3) is 0.152. The Morgan fingerprint density at radius 2 is 1.74 bits per heavy atom. The lowest BCUT2D eigenvalue weighted by atomic mass is 9.94. The highest BCUT2D eigenvalue weighted by Crippen LogP contribution is 2.40. The molecule has 0 saturated heterocycles. The first-order valence-corrected chi connectivity index (χ1v) is 13.8. The summed E-state index contributed by atoms with van der Waals surface area (Å²) in [4.78, 5) is 22.7. The highest BCUT2D eigenvalue weighted by Gasteiger charge is 2.35. The smallest absolute Gasteiger partial charge is 0.255 e. The van der Waals surface area contributed by atoms with E-state index >= 15 is 0 Å². The number of rotatable bonds is 9. The number of nitrogens with zero attached hydrogens (tertiary/aromatic N) is 4. The minimum atomic E-state index is -0.592. The van der Waals surface area contributed by atoms with Crippen LogP contribution in [-0.4, -0.2) is 32.3 Å². The number of aromatic nitrogens is 4. The Morgan fingerprint density at radius 3 is 2.48 bits per heavy atom. The van der Waals surface area contributed by atoms with Crippen molar-refractivity contribution in [1.29, 1.82) is 0 Å². The van der Waals surface area contributed by atoms with E-state index in [1.165, 1.54) is 0 Å². The standard InChI is InChI=1S/C33H30N6O3/c1-3-41-28-19-25(16-17-27(28)42-21-23-11-6-4-7-12-23)30-29(32(40)36-26-15-10-18-34-20-26)22(2)35-33-37-31(38-39(30)33)24-13-8-5-9-14-24/h4-20,30H,3,21H2,1-2H3,(H,36,40)(H,35,37,38). The third-order valence-corrected chi connectivity index (χ3v) is 6.87. The summed E-state index contributed by atoms with van der Waals surface area (Å²) in [6, 6.07) is 28.4. The van der Waals surface area contributed by atoms with E-state index in [-0.39, 0.29) is 5.91 Å². The highest BCUT2D eigenvalue weighted by molar-refractivity contribution is 6.06. The molecular weight excluding hydrogens is 528 g/mol. The van der Waals surface area contributed by atoms with Crippen LogP contribution in [-0.2, 0) is 11.4 Å². The van der Waals surface area contributed by atoms with Gasteiger partial charge in [0.2, 0.25) is 5.95 Å². The fourth-order valence-corrected chi connectivity index (χ4v) is 4.92. The van der Waals surface area contributed by atoms with Gasteiger partial charge >= 0.3 is 0 Å². The zero-order chi connectivity index (χ0) is 28.9.